The minimum absolute atomic E-state index is 0.139. The fourth-order valence-corrected chi connectivity index (χ4v) is 2.01. The Morgan fingerprint density at radius 1 is 1.10 bits per heavy atom. The molecule has 0 atom stereocenters. The second kappa shape index (κ2) is 6.10. The van der Waals surface area contributed by atoms with Gasteiger partial charge in [-0.3, -0.25) is 0 Å². The Hall–Kier alpha value is -2.49. The highest BCUT2D eigenvalue weighted by atomic mass is 16.5. The molecule has 0 bridgehead atoms. The van der Waals surface area contributed by atoms with E-state index in [0.717, 1.165) is 5.56 Å². The van der Waals surface area contributed by atoms with Crippen LogP contribution in [-0.4, -0.2) is 18.2 Å². The molecule has 0 aliphatic rings. The third kappa shape index (κ3) is 2.91. The van der Waals surface area contributed by atoms with Gasteiger partial charge in [0.25, 0.3) is 0 Å². The Labute approximate surface area is 117 Å². The van der Waals surface area contributed by atoms with E-state index in [4.69, 9.17) is 9.47 Å². The van der Waals surface area contributed by atoms with Crippen molar-refractivity contribution in [1.29, 1.82) is 0 Å². The number of carboxylic acid groups (broad SMARTS) is 1. The maximum Gasteiger partial charge on any atom is 0.339 e. The molecule has 0 unspecified atom stereocenters. The molecule has 0 saturated heterocycles. The van der Waals surface area contributed by atoms with Crippen LogP contribution in [0.5, 0.6) is 11.5 Å². The van der Waals surface area contributed by atoms with Gasteiger partial charge in [-0.2, -0.15) is 0 Å². The molecule has 0 fully saturated rings. The van der Waals surface area contributed by atoms with Gasteiger partial charge < -0.3 is 14.6 Å². The smallest absolute Gasteiger partial charge is 0.339 e. The van der Waals surface area contributed by atoms with Gasteiger partial charge >= 0.3 is 5.97 Å². The molecule has 0 aliphatic heterocycles. The van der Waals surface area contributed by atoms with Crippen molar-refractivity contribution in [1.82, 2.24) is 0 Å². The van der Waals surface area contributed by atoms with Crippen LogP contribution in [0.1, 0.15) is 21.5 Å². The maximum atomic E-state index is 11.4. The molecule has 2 aromatic carbocycles. The number of methoxy groups -OCH3 is 1. The lowest BCUT2D eigenvalue weighted by molar-refractivity contribution is 0.0690. The molecule has 0 heterocycles. The molecule has 4 heteroatoms. The Morgan fingerprint density at radius 3 is 2.35 bits per heavy atom. The van der Waals surface area contributed by atoms with Gasteiger partial charge in [0, 0.05) is 5.56 Å². The molecule has 2 aromatic rings. The quantitative estimate of drug-likeness (QED) is 0.907. The molecule has 0 saturated carbocycles. The Morgan fingerprint density at radius 2 is 1.75 bits per heavy atom. The highest BCUT2D eigenvalue weighted by Crippen LogP contribution is 2.30. The molecule has 0 amide bonds. The van der Waals surface area contributed by atoms with Crippen LogP contribution in [0.4, 0.5) is 0 Å². The molecule has 1 N–H and O–H groups in total. The van der Waals surface area contributed by atoms with Crippen LogP contribution >= 0.6 is 0 Å². The summed E-state index contributed by atoms with van der Waals surface area (Å²) in [7, 11) is 1.51. The fraction of sp³-hybridized carbons (Fsp3) is 0.188. The number of hydrogen-bond acceptors (Lipinski definition) is 3. The number of ether oxygens (including phenoxy) is 2. The first-order chi connectivity index (χ1) is 9.63. The molecule has 0 aromatic heterocycles. The fourth-order valence-electron chi connectivity index (χ4n) is 2.01. The summed E-state index contributed by atoms with van der Waals surface area (Å²) in [5, 5.41) is 9.33. The molecule has 2 rings (SSSR count). The van der Waals surface area contributed by atoms with E-state index in [-0.39, 0.29) is 5.56 Å². The largest absolute Gasteiger partial charge is 0.496 e. The van der Waals surface area contributed by atoms with Crippen molar-refractivity contribution < 1.29 is 19.4 Å². The zero-order chi connectivity index (χ0) is 14.5. The van der Waals surface area contributed by atoms with E-state index in [1.54, 1.807) is 19.1 Å². The molecule has 0 radical (unpaired) electrons. The molecule has 104 valence electrons. The third-order valence-corrected chi connectivity index (χ3v) is 3.05. The number of carboxylic acids is 1. The molecule has 4 nitrogen and oxygen atoms in total. The van der Waals surface area contributed by atoms with Gasteiger partial charge in [-0.05, 0) is 24.6 Å². The van der Waals surface area contributed by atoms with Gasteiger partial charge in [0.1, 0.15) is 23.7 Å². The molecule has 20 heavy (non-hydrogen) atoms. The van der Waals surface area contributed by atoms with Gasteiger partial charge in [0.15, 0.2) is 0 Å². The minimum Gasteiger partial charge on any atom is -0.496 e. The summed E-state index contributed by atoms with van der Waals surface area (Å²) in [5.41, 5.74) is 1.68. The molecule has 0 aliphatic carbocycles. The zero-order valence-electron chi connectivity index (χ0n) is 11.4. The summed E-state index contributed by atoms with van der Waals surface area (Å²) in [4.78, 5) is 11.4. The zero-order valence-corrected chi connectivity index (χ0v) is 11.4. The van der Waals surface area contributed by atoms with E-state index in [1.807, 2.05) is 30.3 Å². The lowest BCUT2D eigenvalue weighted by Crippen LogP contribution is -2.06. The number of rotatable bonds is 5. The van der Waals surface area contributed by atoms with Crippen molar-refractivity contribution >= 4 is 5.97 Å². The predicted molar refractivity (Wildman–Crippen MR) is 75.5 cm³/mol. The third-order valence-electron chi connectivity index (χ3n) is 3.05. The summed E-state index contributed by atoms with van der Waals surface area (Å²) >= 11 is 0. The highest BCUT2D eigenvalue weighted by Gasteiger charge is 2.18. The highest BCUT2D eigenvalue weighted by molar-refractivity contribution is 5.93. The van der Waals surface area contributed by atoms with Gasteiger partial charge in [-0.15, -0.1) is 0 Å². The SMILES string of the molecule is COc1ccc(OCc2ccccc2)c(C(=O)O)c1C. The van der Waals surface area contributed by atoms with Crippen LogP contribution in [0.2, 0.25) is 0 Å². The van der Waals surface area contributed by atoms with Crippen molar-refractivity contribution in [2.75, 3.05) is 7.11 Å². The minimum atomic E-state index is -1.02. The average Bonchev–Trinajstić information content (AvgIpc) is 2.45. The first-order valence-corrected chi connectivity index (χ1v) is 6.21. The molecular formula is C16H16O4. The number of aromatic carboxylic acids is 1. The summed E-state index contributed by atoms with van der Waals surface area (Å²) < 4.78 is 10.8. The normalized spacial score (nSPS) is 10.1. The number of carbonyl (C=O) groups is 1. The first kappa shape index (κ1) is 13.9. The van der Waals surface area contributed by atoms with Crippen LogP contribution < -0.4 is 9.47 Å². The number of benzene rings is 2. The van der Waals surface area contributed by atoms with Gasteiger partial charge in [-0.25, -0.2) is 4.79 Å². The first-order valence-electron chi connectivity index (χ1n) is 6.21. The Kier molecular flexibility index (Phi) is 4.25. The second-order valence-electron chi connectivity index (χ2n) is 4.35. The lowest BCUT2D eigenvalue weighted by Gasteiger charge is -2.13. The lowest BCUT2D eigenvalue weighted by atomic mass is 10.1. The van der Waals surface area contributed by atoms with Crippen LogP contribution in [-0.2, 0) is 6.61 Å². The van der Waals surface area contributed by atoms with E-state index in [1.165, 1.54) is 7.11 Å². The Bertz CT molecular complexity index is 605. The van der Waals surface area contributed by atoms with E-state index in [9.17, 15) is 9.90 Å². The summed E-state index contributed by atoms with van der Waals surface area (Å²) in [5.74, 6) is -0.140. The van der Waals surface area contributed by atoms with Gasteiger partial charge in [-0.1, -0.05) is 30.3 Å². The van der Waals surface area contributed by atoms with E-state index < -0.39 is 5.97 Å². The van der Waals surface area contributed by atoms with E-state index >= 15 is 0 Å². The summed E-state index contributed by atoms with van der Waals surface area (Å²) in [6.07, 6.45) is 0. The summed E-state index contributed by atoms with van der Waals surface area (Å²) in [6, 6.07) is 12.9. The monoisotopic (exact) mass is 272 g/mol. The van der Waals surface area contributed by atoms with Crippen molar-refractivity contribution in [3.8, 4) is 11.5 Å². The van der Waals surface area contributed by atoms with E-state index in [0.29, 0.717) is 23.7 Å². The topological polar surface area (TPSA) is 55.8 Å². The van der Waals surface area contributed by atoms with Gasteiger partial charge in [0.05, 0.1) is 7.11 Å². The molecule has 0 spiro atoms. The molecular weight excluding hydrogens is 256 g/mol. The van der Waals surface area contributed by atoms with Crippen LogP contribution in [0.15, 0.2) is 42.5 Å². The van der Waals surface area contributed by atoms with Crippen LogP contribution in [0.25, 0.3) is 0 Å². The maximum absolute atomic E-state index is 11.4. The van der Waals surface area contributed by atoms with Crippen LogP contribution in [0, 0.1) is 6.92 Å². The standard InChI is InChI=1S/C16H16O4/c1-11-13(19-2)8-9-14(15(11)16(17)18)20-10-12-6-4-3-5-7-12/h3-9H,10H2,1-2H3,(H,17,18). The predicted octanol–water partition coefficient (Wildman–Crippen LogP) is 3.28. The van der Waals surface area contributed by atoms with Crippen molar-refractivity contribution in [3.63, 3.8) is 0 Å². The van der Waals surface area contributed by atoms with Crippen molar-refractivity contribution in [3.05, 3.63) is 59.2 Å². The van der Waals surface area contributed by atoms with Gasteiger partial charge in [0.2, 0.25) is 0 Å². The Balaban J connectivity index is 2.27. The van der Waals surface area contributed by atoms with Crippen LogP contribution in [0.3, 0.4) is 0 Å². The van der Waals surface area contributed by atoms with Crippen molar-refractivity contribution in [2.45, 2.75) is 13.5 Å². The average molecular weight is 272 g/mol. The second-order valence-corrected chi connectivity index (χ2v) is 4.35. The number of hydrogen-bond donors (Lipinski definition) is 1. The van der Waals surface area contributed by atoms with Crippen molar-refractivity contribution in [2.24, 2.45) is 0 Å². The summed E-state index contributed by atoms with van der Waals surface area (Å²) in [6.45, 7) is 2.03. The van der Waals surface area contributed by atoms with E-state index in [2.05, 4.69) is 0 Å².